The lowest BCUT2D eigenvalue weighted by Gasteiger charge is -2.12. The summed E-state index contributed by atoms with van der Waals surface area (Å²) in [4.78, 5) is 16.9. The molecule has 0 radical (unpaired) electrons. The van der Waals surface area contributed by atoms with Gasteiger partial charge in [0, 0.05) is 18.7 Å². The maximum atomic E-state index is 13.5. The van der Waals surface area contributed by atoms with Gasteiger partial charge in [-0.3, -0.25) is 4.79 Å². The van der Waals surface area contributed by atoms with Gasteiger partial charge in [-0.05, 0) is 13.0 Å². The molecule has 0 saturated carbocycles. The summed E-state index contributed by atoms with van der Waals surface area (Å²) in [6.45, 7) is 2.11. The van der Waals surface area contributed by atoms with Crippen LogP contribution in [0, 0.1) is 0 Å². The van der Waals surface area contributed by atoms with Crippen LogP contribution >= 0.6 is 0 Å². The third-order valence-corrected chi connectivity index (χ3v) is 3.83. The number of hydrogen-bond donors (Lipinski definition) is 1. The molecule has 3 aromatic rings. The van der Waals surface area contributed by atoms with Crippen LogP contribution in [0.2, 0.25) is 0 Å². The molecular weight excluding hydrogens is 342 g/mol. The third kappa shape index (κ3) is 3.55. The number of carbonyl (C=O) groups excluding carboxylic acids is 1. The smallest absolute Gasteiger partial charge is 0.280 e. The fourth-order valence-corrected chi connectivity index (χ4v) is 2.65. The summed E-state index contributed by atoms with van der Waals surface area (Å²) in [5, 5.41) is 6.67. The first-order valence-corrected chi connectivity index (χ1v) is 8.03. The van der Waals surface area contributed by atoms with Crippen LogP contribution < -0.4 is 5.32 Å². The van der Waals surface area contributed by atoms with Gasteiger partial charge in [0.05, 0.1) is 18.5 Å². The van der Waals surface area contributed by atoms with E-state index in [1.54, 1.807) is 31.2 Å². The topological polar surface area (TPSA) is 68.5 Å². The molecule has 2 aromatic heterocycles. The normalized spacial score (nSPS) is 12.5. The second-order valence-corrected chi connectivity index (χ2v) is 5.86. The van der Waals surface area contributed by atoms with Crippen molar-refractivity contribution < 1.29 is 18.3 Å². The van der Waals surface area contributed by atoms with Crippen LogP contribution in [-0.4, -0.2) is 40.3 Å². The lowest BCUT2D eigenvalue weighted by atomic mass is 10.1. The van der Waals surface area contributed by atoms with Crippen LogP contribution in [0.25, 0.3) is 16.9 Å². The first-order chi connectivity index (χ1) is 12.5. The molecule has 1 N–H and O–H groups in total. The van der Waals surface area contributed by atoms with E-state index in [9.17, 15) is 13.6 Å². The Morgan fingerprint density at radius 1 is 1.31 bits per heavy atom. The standard InChI is InChI=1S/C18H18F2N4O2/c1-11(10-26-2)22-18(25)13-9-21-24-15(16(19)20)8-14(23-17(13)24)12-6-4-3-5-7-12/h3-9,11,16H,10H2,1-2H3,(H,22,25)/t11-/m0/s1. The minimum Gasteiger partial charge on any atom is -0.383 e. The van der Waals surface area contributed by atoms with Gasteiger partial charge in [-0.25, -0.2) is 18.3 Å². The Balaban J connectivity index is 2.09. The van der Waals surface area contributed by atoms with Crippen molar-refractivity contribution in [2.24, 2.45) is 0 Å². The third-order valence-electron chi connectivity index (χ3n) is 3.83. The van der Waals surface area contributed by atoms with Gasteiger partial charge < -0.3 is 10.1 Å². The van der Waals surface area contributed by atoms with E-state index >= 15 is 0 Å². The molecule has 0 bridgehead atoms. The molecule has 26 heavy (non-hydrogen) atoms. The number of carbonyl (C=O) groups is 1. The number of halogens is 2. The van der Waals surface area contributed by atoms with Crippen LogP contribution in [-0.2, 0) is 4.74 Å². The van der Waals surface area contributed by atoms with E-state index < -0.39 is 12.3 Å². The average Bonchev–Trinajstić information content (AvgIpc) is 3.05. The lowest BCUT2D eigenvalue weighted by Crippen LogP contribution is -2.35. The number of benzene rings is 1. The van der Waals surface area contributed by atoms with Gasteiger partial charge in [0.1, 0.15) is 11.3 Å². The molecule has 6 nitrogen and oxygen atoms in total. The molecule has 1 atom stereocenters. The first kappa shape index (κ1) is 17.9. The number of alkyl halides is 2. The molecule has 0 spiro atoms. The maximum Gasteiger partial charge on any atom is 0.280 e. The second-order valence-electron chi connectivity index (χ2n) is 5.86. The van der Waals surface area contributed by atoms with E-state index in [-0.39, 0.29) is 22.9 Å². The molecule has 0 fully saturated rings. The molecule has 136 valence electrons. The van der Waals surface area contributed by atoms with Crippen molar-refractivity contribution in [3.8, 4) is 11.3 Å². The van der Waals surface area contributed by atoms with Crippen molar-refractivity contribution in [2.45, 2.75) is 19.4 Å². The van der Waals surface area contributed by atoms with Crippen molar-refractivity contribution in [2.75, 3.05) is 13.7 Å². The van der Waals surface area contributed by atoms with Gasteiger partial charge in [-0.2, -0.15) is 5.10 Å². The number of nitrogens with one attached hydrogen (secondary N) is 1. The van der Waals surface area contributed by atoms with E-state index in [4.69, 9.17) is 4.74 Å². The van der Waals surface area contributed by atoms with Crippen molar-refractivity contribution in [1.29, 1.82) is 0 Å². The lowest BCUT2D eigenvalue weighted by molar-refractivity contribution is 0.0907. The van der Waals surface area contributed by atoms with Gasteiger partial charge in [0.25, 0.3) is 12.3 Å². The zero-order valence-electron chi connectivity index (χ0n) is 14.3. The van der Waals surface area contributed by atoms with Gasteiger partial charge in [-0.1, -0.05) is 30.3 Å². The predicted octanol–water partition coefficient (Wildman–Crippen LogP) is 3.10. The van der Waals surface area contributed by atoms with E-state index in [2.05, 4.69) is 15.4 Å². The molecule has 0 aliphatic carbocycles. The Morgan fingerprint density at radius 3 is 2.69 bits per heavy atom. The molecule has 0 aliphatic rings. The highest BCUT2D eigenvalue weighted by Crippen LogP contribution is 2.26. The fourth-order valence-electron chi connectivity index (χ4n) is 2.65. The summed E-state index contributed by atoms with van der Waals surface area (Å²) in [5.74, 6) is -0.442. The van der Waals surface area contributed by atoms with Gasteiger partial charge in [-0.15, -0.1) is 0 Å². The van der Waals surface area contributed by atoms with E-state index in [1.807, 2.05) is 6.07 Å². The van der Waals surface area contributed by atoms with Crippen molar-refractivity contribution in [3.05, 3.63) is 53.9 Å². The van der Waals surface area contributed by atoms with Gasteiger partial charge in [0.2, 0.25) is 0 Å². The zero-order valence-corrected chi connectivity index (χ0v) is 14.3. The highest BCUT2D eigenvalue weighted by Gasteiger charge is 2.22. The number of aromatic nitrogens is 3. The van der Waals surface area contributed by atoms with Crippen LogP contribution in [0.4, 0.5) is 8.78 Å². The first-order valence-electron chi connectivity index (χ1n) is 8.03. The van der Waals surface area contributed by atoms with Crippen LogP contribution in [0.1, 0.15) is 29.4 Å². The molecule has 0 unspecified atom stereocenters. The van der Waals surface area contributed by atoms with Crippen LogP contribution in [0.5, 0.6) is 0 Å². The van der Waals surface area contributed by atoms with E-state index in [1.165, 1.54) is 19.4 Å². The van der Waals surface area contributed by atoms with E-state index in [0.29, 0.717) is 17.9 Å². The van der Waals surface area contributed by atoms with Crippen molar-refractivity contribution in [1.82, 2.24) is 19.9 Å². The predicted molar refractivity (Wildman–Crippen MR) is 92.2 cm³/mol. The summed E-state index contributed by atoms with van der Waals surface area (Å²) in [6.07, 6.45) is -1.51. The molecule has 0 aliphatic heterocycles. The minimum atomic E-state index is -2.76. The Kier molecular flexibility index (Phi) is 5.22. The summed E-state index contributed by atoms with van der Waals surface area (Å²) in [5.41, 5.74) is 0.930. The number of amides is 1. The second kappa shape index (κ2) is 7.57. The Bertz CT molecular complexity index is 912. The Labute approximate surface area is 148 Å². The van der Waals surface area contributed by atoms with Crippen LogP contribution in [0.15, 0.2) is 42.6 Å². The largest absolute Gasteiger partial charge is 0.383 e. The number of ether oxygens (including phenoxy) is 1. The molecule has 1 aromatic carbocycles. The molecule has 2 heterocycles. The van der Waals surface area contributed by atoms with Crippen molar-refractivity contribution in [3.63, 3.8) is 0 Å². The molecule has 3 rings (SSSR count). The van der Waals surface area contributed by atoms with Crippen molar-refractivity contribution >= 4 is 11.6 Å². The average molecular weight is 360 g/mol. The fraction of sp³-hybridized carbons (Fsp3) is 0.278. The summed E-state index contributed by atoms with van der Waals surface area (Å²) >= 11 is 0. The summed E-state index contributed by atoms with van der Waals surface area (Å²) in [6, 6.07) is 9.99. The number of methoxy groups -OCH3 is 1. The zero-order chi connectivity index (χ0) is 18.7. The summed E-state index contributed by atoms with van der Waals surface area (Å²) in [7, 11) is 1.53. The SMILES string of the molecule is COC[C@H](C)NC(=O)c1cnn2c(C(F)F)cc(-c3ccccc3)nc12. The minimum absolute atomic E-state index is 0.0868. The molecule has 8 heteroatoms. The Morgan fingerprint density at radius 2 is 2.04 bits per heavy atom. The molecular formula is C18H18F2N4O2. The van der Waals surface area contributed by atoms with Crippen LogP contribution in [0.3, 0.4) is 0 Å². The van der Waals surface area contributed by atoms with E-state index in [0.717, 1.165) is 4.52 Å². The number of rotatable bonds is 6. The quantitative estimate of drug-likeness (QED) is 0.733. The monoisotopic (exact) mass is 360 g/mol. The molecule has 1 amide bonds. The maximum absolute atomic E-state index is 13.5. The summed E-state index contributed by atoms with van der Waals surface area (Å²) < 4.78 is 33.0. The Hall–Kier alpha value is -2.87. The number of nitrogens with zero attached hydrogens (tertiary/aromatic N) is 3. The highest BCUT2D eigenvalue weighted by atomic mass is 19.3. The number of fused-ring (bicyclic) bond motifs is 1. The number of hydrogen-bond acceptors (Lipinski definition) is 4. The molecule has 0 saturated heterocycles. The van der Waals surface area contributed by atoms with Gasteiger partial charge >= 0.3 is 0 Å². The highest BCUT2D eigenvalue weighted by molar-refractivity contribution is 6.00. The van der Waals surface area contributed by atoms with Gasteiger partial charge in [0.15, 0.2) is 5.65 Å².